The normalized spacial score (nSPS) is 14.0. The Kier molecular flexibility index (Phi) is 4.65. The van der Waals surface area contributed by atoms with Gasteiger partial charge in [0.2, 0.25) is 0 Å². The Hall–Kier alpha value is -2.96. The number of hydrogen-bond donors (Lipinski definition) is 2. The standard InChI is InChI=1S/C18H19NO6/c1-10-7-13(20)17(18(22)19-10)12(9-16(21)23-2)11-3-4-14-15(8-11)25-6-5-24-14/h3-4,7-8,12H,5-6,9H2,1-2H3,(H2,19,20,22)/t12-/m0/s1. The molecule has 3 rings (SSSR count). The maximum atomic E-state index is 12.4. The van der Waals surface area contributed by atoms with Gasteiger partial charge in [-0.15, -0.1) is 0 Å². The number of nitrogens with one attached hydrogen (secondary N) is 1. The Morgan fingerprint density at radius 1 is 1.28 bits per heavy atom. The molecule has 0 aliphatic carbocycles. The van der Waals surface area contributed by atoms with Crippen LogP contribution < -0.4 is 15.0 Å². The number of rotatable bonds is 4. The van der Waals surface area contributed by atoms with Gasteiger partial charge in [0.05, 0.1) is 19.1 Å². The average molecular weight is 345 g/mol. The maximum absolute atomic E-state index is 12.4. The highest BCUT2D eigenvalue weighted by atomic mass is 16.6. The SMILES string of the molecule is COC(=O)C[C@@H](c1ccc2c(c1)OCCO2)c1c(O)cc(C)[nH]c1=O. The molecule has 0 unspecified atom stereocenters. The summed E-state index contributed by atoms with van der Waals surface area (Å²) in [6.45, 7) is 2.56. The van der Waals surface area contributed by atoms with E-state index in [1.54, 1.807) is 25.1 Å². The second kappa shape index (κ2) is 6.88. The molecule has 2 N–H and O–H groups in total. The fourth-order valence-corrected chi connectivity index (χ4v) is 2.93. The van der Waals surface area contributed by atoms with Crippen molar-refractivity contribution in [2.24, 2.45) is 0 Å². The van der Waals surface area contributed by atoms with Crippen LogP contribution in [0.4, 0.5) is 0 Å². The molecule has 0 saturated heterocycles. The van der Waals surface area contributed by atoms with Gasteiger partial charge in [-0.25, -0.2) is 0 Å². The summed E-state index contributed by atoms with van der Waals surface area (Å²) >= 11 is 0. The number of aryl methyl sites for hydroxylation is 1. The smallest absolute Gasteiger partial charge is 0.306 e. The first-order valence-corrected chi connectivity index (χ1v) is 7.88. The maximum Gasteiger partial charge on any atom is 0.306 e. The summed E-state index contributed by atoms with van der Waals surface area (Å²) in [5.74, 6) is -0.174. The van der Waals surface area contributed by atoms with Crippen LogP contribution in [-0.2, 0) is 9.53 Å². The molecule has 2 heterocycles. The minimum Gasteiger partial charge on any atom is -0.507 e. The van der Waals surface area contributed by atoms with Crippen LogP contribution in [0.3, 0.4) is 0 Å². The van der Waals surface area contributed by atoms with Crippen molar-refractivity contribution in [2.45, 2.75) is 19.3 Å². The molecule has 2 aromatic rings. The van der Waals surface area contributed by atoms with Crippen molar-refractivity contribution >= 4 is 5.97 Å². The lowest BCUT2D eigenvalue weighted by Gasteiger charge is -2.22. The van der Waals surface area contributed by atoms with Crippen LogP contribution in [0.25, 0.3) is 0 Å². The third kappa shape index (κ3) is 3.45. The Morgan fingerprint density at radius 3 is 2.68 bits per heavy atom. The molecule has 1 aromatic heterocycles. The van der Waals surface area contributed by atoms with E-state index in [2.05, 4.69) is 4.98 Å². The van der Waals surface area contributed by atoms with Crippen LogP contribution in [-0.4, -0.2) is 36.4 Å². The van der Waals surface area contributed by atoms with Crippen LogP contribution in [0.1, 0.15) is 29.2 Å². The molecular weight excluding hydrogens is 326 g/mol. The topological polar surface area (TPSA) is 97.8 Å². The number of carbonyl (C=O) groups is 1. The van der Waals surface area contributed by atoms with Crippen molar-refractivity contribution in [3.05, 3.63) is 51.4 Å². The van der Waals surface area contributed by atoms with Crippen LogP contribution in [0.2, 0.25) is 0 Å². The summed E-state index contributed by atoms with van der Waals surface area (Å²) in [5, 5.41) is 10.3. The number of carbonyl (C=O) groups excluding carboxylic acids is 1. The van der Waals surface area contributed by atoms with E-state index in [0.717, 1.165) is 0 Å². The minimum absolute atomic E-state index is 0.0875. The number of hydrogen-bond acceptors (Lipinski definition) is 6. The highest BCUT2D eigenvalue weighted by Crippen LogP contribution is 2.37. The lowest BCUT2D eigenvalue weighted by Crippen LogP contribution is -2.21. The van der Waals surface area contributed by atoms with Crippen LogP contribution in [0.5, 0.6) is 17.2 Å². The van der Waals surface area contributed by atoms with Crippen molar-refractivity contribution in [2.75, 3.05) is 20.3 Å². The molecule has 25 heavy (non-hydrogen) atoms. The second-order valence-electron chi connectivity index (χ2n) is 5.82. The fraction of sp³-hybridized carbons (Fsp3) is 0.333. The predicted molar refractivity (Wildman–Crippen MR) is 89.4 cm³/mol. The second-order valence-corrected chi connectivity index (χ2v) is 5.82. The first-order chi connectivity index (χ1) is 12.0. The number of pyridine rings is 1. The van der Waals surface area contributed by atoms with Gasteiger partial charge in [0.15, 0.2) is 11.5 Å². The predicted octanol–water partition coefficient (Wildman–Crippen LogP) is 1.86. The number of fused-ring (bicyclic) bond motifs is 1. The van der Waals surface area contributed by atoms with E-state index in [-0.39, 0.29) is 17.7 Å². The number of H-pyrrole nitrogens is 1. The molecule has 7 heteroatoms. The molecular formula is C18H19NO6. The number of ether oxygens (including phenoxy) is 3. The van der Waals surface area contributed by atoms with Crippen molar-refractivity contribution in [1.29, 1.82) is 0 Å². The largest absolute Gasteiger partial charge is 0.507 e. The molecule has 0 bridgehead atoms. The van der Waals surface area contributed by atoms with Gasteiger partial charge in [0.25, 0.3) is 5.56 Å². The molecule has 7 nitrogen and oxygen atoms in total. The monoisotopic (exact) mass is 345 g/mol. The van der Waals surface area contributed by atoms with Gasteiger partial charge >= 0.3 is 5.97 Å². The molecule has 0 fully saturated rings. The van der Waals surface area contributed by atoms with E-state index in [1.165, 1.54) is 13.2 Å². The zero-order valence-electron chi connectivity index (χ0n) is 14.0. The van der Waals surface area contributed by atoms with Gasteiger partial charge < -0.3 is 24.3 Å². The number of aromatic amines is 1. The first kappa shape index (κ1) is 16.9. The van der Waals surface area contributed by atoms with Crippen LogP contribution in [0.15, 0.2) is 29.1 Å². The van der Waals surface area contributed by atoms with E-state index >= 15 is 0 Å². The average Bonchev–Trinajstić information content (AvgIpc) is 2.59. The van der Waals surface area contributed by atoms with Crippen molar-refractivity contribution in [3.8, 4) is 17.2 Å². The molecule has 1 atom stereocenters. The fourth-order valence-electron chi connectivity index (χ4n) is 2.93. The van der Waals surface area contributed by atoms with Gasteiger partial charge in [0, 0.05) is 11.6 Å². The van der Waals surface area contributed by atoms with E-state index in [4.69, 9.17) is 14.2 Å². The van der Waals surface area contributed by atoms with E-state index in [1.807, 2.05) is 0 Å². The van der Waals surface area contributed by atoms with E-state index < -0.39 is 17.4 Å². The molecule has 1 aliphatic rings. The highest BCUT2D eigenvalue weighted by Gasteiger charge is 2.26. The first-order valence-electron chi connectivity index (χ1n) is 7.88. The molecule has 0 radical (unpaired) electrons. The van der Waals surface area contributed by atoms with Crippen LogP contribution >= 0.6 is 0 Å². The Balaban J connectivity index is 2.10. The number of methoxy groups -OCH3 is 1. The van der Waals surface area contributed by atoms with Gasteiger partial charge in [0.1, 0.15) is 19.0 Å². The molecule has 0 saturated carbocycles. The minimum atomic E-state index is -0.673. The van der Waals surface area contributed by atoms with Crippen LogP contribution in [0, 0.1) is 6.92 Å². The van der Waals surface area contributed by atoms with Crippen molar-refractivity contribution < 1.29 is 24.1 Å². The molecule has 132 valence electrons. The Bertz CT molecular complexity index is 857. The number of benzene rings is 1. The summed E-state index contributed by atoms with van der Waals surface area (Å²) < 4.78 is 15.8. The number of aromatic hydroxyl groups is 1. The van der Waals surface area contributed by atoms with E-state index in [0.29, 0.717) is 36.0 Å². The third-order valence-electron chi connectivity index (χ3n) is 4.10. The van der Waals surface area contributed by atoms with E-state index in [9.17, 15) is 14.7 Å². The molecule has 0 spiro atoms. The third-order valence-corrected chi connectivity index (χ3v) is 4.10. The zero-order chi connectivity index (χ0) is 18.0. The van der Waals surface area contributed by atoms with Gasteiger partial charge in [-0.1, -0.05) is 6.07 Å². The summed E-state index contributed by atoms with van der Waals surface area (Å²) in [5.41, 5.74) is 0.860. The number of aromatic nitrogens is 1. The van der Waals surface area contributed by atoms with Gasteiger partial charge in [-0.2, -0.15) is 0 Å². The van der Waals surface area contributed by atoms with Crippen molar-refractivity contribution in [1.82, 2.24) is 4.98 Å². The Labute approximate surface area is 144 Å². The molecule has 1 aliphatic heterocycles. The van der Waals surface area contributed by atoms with Crippen molar-refractivity contribution in [3.63, 3.8) is 0 Å². The summed E-state index contributed by atoms with van der Waals surface area (Å²) in [7, 11) is 1.28. The lowest BCUT2D eigenvalue weighted by atomic mass is 9.88. The Morgan fingerprint density at radius 2 is 2.00 bits per heavy atom. The van der Waals surface area contributed by atoms with Gasteiger partial charge in [-0.05, 0) is 30.7 Å². The number of esters is 1. The zero-order valence-corrected chi connectivity index (χ0v) is 14.0. The quantitative estimate of drug-likeness (QED) is 0.821. The molecule has 1 aromatic carbocycles. The highest BCUT2D eigenvalue weighted by molar-refractivity contribution is 5.71. The lowest BCUT2D eigenvalue weighted by molar-refractivity contribution is -0.140. The summed E-state index contributed by atoms with van der Waals surface area (Å²) in [6, 6.07) is 6.66. The summed E-state index contributed by atoms with van der Waals surface area (Å²) in [6.07, 6.45) is -0.0875. The van der Waals surface area contributed by atoms with Gasteiger partial charge in [-0.3, -0.25) is 9.59 Å². The summed E-state index contributed by atoms with van der Waals surface area (Å²) in [4.78, 5) is 26.9. The molecule has 0 amide bonds.